The van der Waals surface area contributed by atoms with Crippen LogP contribution < -0.4 is 28.1 Å². The van der Waals surface area contributed by atoms with Gasteiger partial charge in [0.05, 0.1) is 0 Å². The van der Waals surface area contributed by atoms with Crippen molar-refractivity contribution in [1.82, 2.24) is 0 Å². The first-order chi connectivity index (χ1) is 18.2. The van der Waals surface area contributed by atoms with Gasteiger partial charge in [0.1, 0.15) is 0 Å². The zero-order valence-electron chi connectivity index (χ0n) is 22.1. The molecule has 40 heavy (non-hydrogen) atoms. The van der Waals surface area contributed by atoms with E-state index in [1.165, 1.54) is 54.4 Å². The van der Waals surface area contributed by atoms with Crippen LogP contribution in [0.5, 0.6) is 0 Å². The Hall–Kier alpha value is -2.52. The van der Waals surface area contributed by atoms with Gasteiger partial charge in [-0.05, 0) is 0 Å². The molecule has 0 radical (unpaired) electrons. The molecule has 0 bridgehead atoms. The quantitative estimate of drug-likeness (QED) is 0.318. The molecule has 0 saturated heterocycles. The number of rotatable bonds is 4. The summed E-state index contributed by atoms with van der Waals surface area (Å²) >= 11 is -4.01. The van der Waals surface area contributed by atoms with Crippen LogP contribution in [0.2, 0.25) is 0 Å². The van der Waals surface area contributed by atoms with E-state index in [1.54, 1.807) is 12.1 Å². The van der Waals surface area contributed by atoms with E-state index in [-0.39, 0.29) is 34.4 Å². The maximum atomic E-state index is 13.6. The molecule has 4 aromatic carbocycles. The molecule has 2 atom stereocenters. The largest absolute Gasteiger partial charge is 1.00 e. The van der Waals surface area contributed by atoms with E-state index in [1.807, 2.05) is 18.2 Å². The third kappa shape index (κ3) is 4.83. The summed E-state index contributed by atoms with van der Waals surface area (Å²) in [4.78, 5) is 0. The Morgan fingerprint density at radius 1 is 0.700 bits per heavy atom. The first kappa shape index (κ1) is 30.4. The van der Waals surface area contributed by atoms with E-state index >= 15 is 0 Å². The van der Waals surface area contributed by atoms with Crippen molar-refractivity contribution in [3.8, 4) is 11.1 Å². The molecule has 6 heteroatoms. The maximum absolute atomic E-state index is 13.6. The van der Waals surface area contributed by atoms with E-state index in [0.717, 1.165) is 3.27 Å². The maximum Gasteiger partial charge on any atom is -1.00 e. The van der Waals surface area contributed by atoms with Crippen LogP contribution in [0.25, 0.3) is 16.7 Å². The van der Waals surface area contributed by atoms with Gasteiger partial charge in [0.2, 0.25) is 0 Å². The summed E-state index contributed by atoms with van der Waals surface area (Å²) < 4.78 is 48.2. The Morgan fingerprint density at radius 3 is 1.73 bits per heavy atom. The number of benzene rings is 4. The summed E-state index contributed by atoms with van der Waals surface area (Å²) in [6.07, 6.45) is -2.05. The van der Waals surface area contributed by atoms with Gasteiger partial charge in [-0.2, -0.15) is 0 Å². The summed E-state index contributed by atoms with van der Waals surface area (Å²) in [7, 11) is 0. The summed E-state index contributed by atoms with van der Waals surface area (Å²) in [5.41, 5.74) is 7.92. The summed E-state index contributed by atoms with van der Waals surface area (Å²) in [5, 5.41) is 0. The van der Waals surface area contributed by atoms with Crippen molar-refractivity contribution in [1.29, 1.82) is 0 Å². The van der Waals surface area contributed by atoms with Crippen LogP contribution in [0.3, 0.4) is 0 Å². The van der Waals surface area contributed by atoms with Crippen molar-refractivity contribution in [3.63, 3.8) is 0 Å². The normalized spacial score (nSPS) is 16.9. The fourth-order valence-corrected chi connectivity index (χ4v) is 19.0. The van der Waals surface area contributed by atoms with Crippen molar-refractivity contribution < 1.29 is 57.8 Å². The molecular formula is C34H28Cl2F3Zr. The molecule has 203 valence electrons. The van der Waals surface area contributed by atoms with Crippen LogP contribution in [-0.2, 0) is 26.0 Å². The molecule has 0 aromatic heterocycles. The molecule has 2 aliphatic rings. The Labute approximate surface area is 250 Å². The minimum absolute atomic E-state index is 0. The SMILES string of the molecule is [CH2]=[Zr+2]([C]1=C(C)C(c2ccccc2)=CC1C)([c]1ccc(C(F)(F)F)cc1)[CH]1c2ccccc2-c2ccccc21.[Cl-].[Cl-]. The number of hydrogen-bond acceptors (Lipinski definition) is 0. The van der Waals surface area contributed by atoms with Crippen molar-refractivity contribution in [2.24, 2.45) is 5.92 Å². The third-order valence-electron chi connectivity index (χ3n) is 8.30. The molecular weight excluding hydrogens is 627 g/mol. The van der Waals surface area contributed by atoms with Gasteiger partial charge < -0.3 is 24.8 Å². The summed E-state index contributed by atoms with van der Waals surface area (Å²) in [6, 6.07) is 33.3. The molecule has 6 rings (SSSR count). The van der Waals surface area contributed by atoms with E-state index < -0.39 is 31.5 Å². The topological polar surface area (TPSA) is 0 Å². The Balaban J connectivity index is 0.00000185. The van der Waals surface area contributed by atoms with Crippen LogP contribution in [0.1, 0.15) is 39.7 Å². The average molecular weight is 656 g/mol. The van der Waals surface area contributed by atoms with E-state index in [0.29, 0.717) is 0 Å². The second kappa shape index (κ2) is 11.4. The number of halogens is 5. The number of hydrogen-bond donors (Lipinski definition) is 0. The molecule has 0 N–H and O–H groups in total. The molecule has 0 nitrogen and oxygen atoms in total. The Morgan fingerprint density at radius 2 is 1.20 bits per heavy atom. The van der Waals surface area contributed by atoms with E-state index in [4.69, 9.17) is 4.21 Å². The van der Waals surface area contributed by atoms with Gasteiger partial charge in [-0.3, -0.25) is 0 Å². The zero-order valence-corrected chi connectivity index (χ0v) is 26.1. The molecule has 0 fully saturated rings. The second-order valence-corrected chi connectivity index (χ2v) is 19.4. The Kier molecular flexibility index (Phi) is 8.67. The molecule has 4 aromatic rings. The smallest absolute Gasteiger partial charge is 1.00 e. The number of alkyl halides is 3. The summed E-state index contributed by atoms with van der Waals surface area (Å²) in [5.74, 6) is 0.153. The summed E-state index contributed by atoms with van der Waals surface area (Å²) in [6.45, 7) is 4.41. The predicted octanol–water partition coefficient (Wildman–Crippen LogP) is 2.70. The predicted molar refractivity (Wildman–Crippen MR) is 148 cm³/mol. The van der Waals surface area contributed by atoms with Gasteiger partial charge in [-0.15, -0.1) is 0 Å². The molecule has 0 saturated carbocycles. The molecule has 2 aliphatic carbocycles. The molecule has 0 spiro atoms. The minimum atomic E-state index is -4.37. The third-order valence-corrected chi connectivity index (χ3v) is 20.0. The van der Waals surface area contributed by atoms with Gasteiger partial charge in [0, 0.05) is 0 Å². The standard InChI is InChI=1S/C13H9.C13H13.C7H4F3.CH2.2ClH.Zr/c1-3-7-12-10(5-1)9-11-6-2-4-8-13(11)12;1-10-8-11(2)13(9-10)12-6-4-3-5-7-12;8-7(9,10)6-4-2-1-3-5-6;;;;/h1-9H;3-7,9-10H,1-2H3;2-5H;1H2;2*1H;/q;;;;;;+2/p-2. The number of allylic oxidation sites excluding steroid dienone is 4. The first-order valence-electron chi connectivity index (χ1n) is 12.9. The second-order valence-electron chi connectivity index (χ2n) is 10.4. The monoisotopic (exact) mass is 653 g/mol. The van der Waals surface area contributed by atoms with Gasteiger partial charge >= 0.3 is 227 Å². The molecule has 0 heterocycles. The van der Waals surface area contributed by atoms with Crippen LogP contribution in [0.15, 0.2) is 118 Å². The molecule has 0 amide bonds. The van der Waals surface area contributed by atoms with Crippen LogP contribution in [0, 0.1) is 5.92 Å². The van der Waals surface area contributed by atoms with Crippen molar-refractivity contribution in [3.05, 3.63) is 140 Å². The van der Waals surface area contributed by atoms with Crippen LogP contribution >= 0.6 is 0 Å². The van der Waals surface area contributed by atoms with Crippen molar-refractivity contribution >= 4 is 13.1 Å². The van der Waals surface area contributed by atoms with E-state index in [9.17, 15) is 13.2 Å². The van der Waals surface area contributed by atoms with Gasteiger partial charge in [-0.25, -0.2) is 0 Å². The Bertz CT molecular complexity index is 1610. The van der Waals surface area contributed by atoms with Crippen LogP contribution in [-0.4, -0.2) is 4.21 Å². The fourth-order valence-electron chi connectivity index (χ4n) is 6.74. The number of fused-ring (bicyclic) bond motifs is 3. The van der Waals surface area contributed by atoms with Crippen molar-refractivity contribution in [2.75, 3.05) is 0 Å². The van der Waals surface area contributed by atoms with Crippen LogP contribution in [0.4, 0.5) is 13.2 Å². The van der Waals surface area contributed by atoms with Gasteiger partial charge in [0.15, 0.2) is 0 Å². The molecule has 2 unspecified atom stereocenters. The van der Waals surface area contributed by atoms with E-state index in [2.05, 4.69) is 80.6 Å². The molecule has 0 aliphatic heterocycles. The van der Waals surface area contributed by atoms with Crippen molar-refractivity contribution in [2.45, 2.75) is 23.6 Å². The van der Waals surface area contributed by atoms with Gasteiger partial charge in [0.25, 0.3) is 0 Å². The fraction of sp³-hybridized carbons (Fsp3) is 0.147. The average Bonchev–Trinajstić information content (AvgIpc) is 3.42. The first-order valence-corrected chi connectivity index (χ1v) is 18.5. The van der Waals surface area contributed by atoms with Gasteiger partial charge in [-0.1, -0.05) is 0 Å². The zero-order chi connectivity index (χ0) is 26.7. The minimum Gasteiger partial charge on any atom is -1.00 e.